The van der Waals surface area contributed by atoms with E-state index in [2.05, 4.69) is 33.9 Å². The molecule has 0 spiro atoms. The number of piperidine rings is 1. The van der Waals surface area contributed by atoms with E-state index in [4.69, 9.17) is 11.6 Å². The van der Waals surface area contributed by atoms with Crippen molar-refractivity contribution in [3.8, 4) is 0 Å². The molecule has 4 nitrogen and oxygen atoms in total. The highest BCUT2D eigenvalue weighted by Crippen LogP contribution is 2.20. The summed E-state index contributed by atoms with van der Waals surface area (Å²) < 4.78 is 0. The summed E-state index contributed by atoms with van der Waals surface area (Å²) in [7, 11) is 4.24. The van der Waals surface area contributed by atoms with Crippen LogP contribution in [0.5, 0.6) is 0 Å². The van der Waals surface area contributed by atoms with Crippen LogP contribution in [0.1, 0.15) is 12.8 Å². The Morgan fingerprint density at radius 1 is 1.44 bits per heavy atom. The van der Waals surface area contributed by atoms with Crippen LogP contribution < -0.4 is 4.90 Å². The van der Waals surface area contributed by atoms with Crippen LogP contribution in [0.4, 0.5) is 5.82 Å². The third-order valence-corrected chi connectivity index (χ3v) is 3.39. The molecule has 0 aliphatic carbocycles. The van der Waals surface area contributed by atoms with Crippen LogP contribution >= 0.6 is 11.6 Å². The molecule has 0 N–H and O–H groups in total. The number of rotatable bonds is 2. The Kier molecular flexibility index (Phi) is 3.61. The van der Waals surface area contributed by atoms with Crippen LogP contribution in [0.15, 0.2) is 12.3 Å². The SMILES string of the molecule is CN1CCC(N(C)c2ccnc(Cl)n2)CC1. The van der Waals surface area contributed by atoms with Crippen molar-refractivity contribution in [1.29, 1.82) is 0 Å². The van der Waals surface area contributed by atoms with Gasteiger partial charge in [0.1, 0.15) is 5.82 Å². The predicted octanol–water partition coefficient (Wildman–Crippen LogP) is 1.66. The number of nitrogens with zero attached hydrogens (tertiary/aromatic N) is 4. The molecular formula is C11H17ClN4. The largest absolute Gasteiger partial charge is 0.356 e. The van der Waals surface area contributed by atoms with Gasteiger partial charge in [0.2, 0.25) is 5.28 Å². The van der Waals surface area contributed by atoms with Crippen LogP contribution in [-0.2, 0) is 0 Å². The van der Waals surface area contributed by atoms with Crippen LogP contribution in [0.2, 0.25) is 5.28 Å². The summed E-state index contributed by atoms with van der Waals surface area (Å²) in [6, 6.07) is 2.46. The van der Waals surface area contributed by atoms with Crippen LogP contribution in [-0.4, -0.2) is 48.1 Å². The van der Waals surface area contributed by atoms with E-state index in [0.717, 1.165) is 18.9 Å². The first-order valence-electron chi connectivity index (χ1n) is 5.57. The summed E-state index contributed by atoms with van der Waals surface area (Å²) in [5, 5.41) is 0.317. The topological polar surface area (TPSA) is 32.3 Å². The van der Waals surface area contributed by atoms with E-state index in [9.17, 15) is 0 Å². The lowest BCUT2D eigenvalue weighted by atomic mass is 10.0. The molecule has 0 aromatic carbocycles. The fraction of sp³-hybridized carbons (Fsp3) is 0.636. The number of anilines is 1. The fourth-order valence-electron chi connectivity index (χ4n) is 2.09. The maximum absolute atomic E-state index is 5.79. The molecule has 0 bridgehead atoms. The average molecular weight is 241 g/mol. The molecule has 0 unspecified atom stereocenters. The summed E-state index contributed by atoms with van der Waals surface area (Å²) in [5.41, 5.74) is 0. The maximum atomic E-state index is 5.79. The number of likely N-dealkylation sites (tertiary alicyclic amines) is 1. The molecule has 1 fully saturated rings. The van der Waals surface area contributed by atoms with E-state index in [0.29, 0.717) is 11.3 Å². The lowest BCUT2D eigenvalue weighted by Crippen LogP contribution is -2.42. The number of hydrogen-bond acceptors (Lipinski definition) is 4. The maximum Gasteiger partial charge on any atom is 0.224 e. The van der Waals surface area contributed by atoms with Crippen molar-refractivity contribution in [3.63, 3.8) is 0 Å². The Morgan fingerprint density at radius 3 is 2.75 bits per heavy atom. The van der Waals surface area contributed by atoms with Gasteiger partial charge in [-0.1, -0.05) is 0 Å². The molecule has 2 rings (SSSR count). The van der Waals surface area contributed by atoms with E-state index < -0.39 is 0 Å². The fourth-order valence-corrected chi connectivity index (χ4v) is 2.23. The van der Waals surface area contributed by atoms with Crippen molar-refractivity contribution in [1.82, 2.24) is 14.9 Å². The molecule has 16 heavy (non-hydrogen) atoms. The van der Waals surface area contributed by atoms with Crippen molar-refractivity contribution in [2.75, 3.05) is 32.1 Å². The molecule has 1 aromatic rings. The highest BCUT2D eigenvalue weighted by atomic mass is 35.5. The first-order chi connectivity index (χ1) is 7.66. The van der Waals surface area contributed by atoms with Crippen molar-refractivity contribution in [2.24, 2.45) is 0 Å². The molecule has 0 amide bonds. The van der Waals surface area contributed by atoms with Gasteiger partial charge in [-0.05, 0) is 50.6 Å². The zero-order chi connectivity index (χ0) is 11.5. The van der Waals surface area contributed by atoms with Crippen LogP contribution in [0.3, 0.4) is 0 Å². The molecule has 1 aliphatic rings. The van der Waals surface area contributed by atoms with Crippen molar-refractivity contribution >= 4 is 17.4 Å². The van der Waals surface area contributed by atoms with E-state index in [1.54, 1.807) is 6.20 Å². The molecule has 5 heteroatoms. The predicted molar refractivity (Wildman–Crippen MR) is 66.0 cm³/mol. The first kappa shape index (κ1) is 11.6. The lowest BCUT2D eigenvalue weighted by Gasteiger charge is -2.35. The highest BCUT2D eigenvalue weighted by Gasteiger charge is 2.21. The van der Waals surface area contributed by atoms with Gasteiger partial charge in [-0.3, -0.25) is 0 Å². The minimum atomic E-state index is 0.317. The van der Waals surface area contributed by atoms with E-state index >= 15 is 0 Å². The molecule has 1 aliphatic heterocycles. The van der Waals surface area contributed by atoms with Crippen LogP contribution in [0, 0.1) is 0 Å². The zero-order valence-corrected chi connectivity index (χ0v) is 10.5. The number of aromatic nitrogens is 2. The van der Waals surface area contributed by atoms with Gasteiger partial charge in [0.05, 0.1) is 0 Å². The molecule has 88 valence electrons. The second kappa shape index (κ2) is 4.97. The second-order valence-electron chi connectivity index (χ2n) is 4.33. The van der Waals surface area contributed by atoms with E-state index in [-0.39, 0.29) is 0 Å². The monoisotopic (exact) mass is 240 g/mol. The molecule has 0 radical (unpaired) electrons. The van der Waals surface area contributed by atoms with Gasteiger partial charge < -0.3 is 9.80 Å². The van der Waals surface area contributed by atoms with Gasteiger partial charge in [0, 0.05) is 19.3 Å². The van der Waals surface area contributed by atoms with Gasteiger partial charge in [0.25, 0.3) is 0 Å². The lowest BCUT2D eigenvalue weighted by molar-refractivity contribution is 0.252. The molecule has 1 aromatic heterocycles. The Morgan fingerprint density at radius 2 is 2.12 bits per heavy atom. The van der Waals surface area contributed by atoms with Crippen molar-refractivity contribution in [3.05, 3.63) is 17.5 Å². The Labute approximate surface area is 101 Å². The Bertz CT molecular complexity index is 350. The van der Waals surface area contributed by atoms with E-state index in [1.165, 1.54) is 12.8 Å². The Balaban J connectivity index is 2.04. The molecule has 0 saturated carbocycles. The summed E-state index contributed by atoms with van der Waals surface area (Å²) in [6.45, 7) is 2.29. The average Bonchev–Trinajstić information content (AvgIpc) is 2.29. The number of halogens is 1. The minimum Gasteiger partial charge on any atom is -0.356 e. The zero-order valence-electron chi connectivity index (χ0n) is 9.73. The summed E-state index contributed by atoms with van der Waals surface area (Å²) in [5.74, 6) is 0.912. The van der Waals surface area contributed by atoms with Gasteiger partial charge in [-0.2, -0.15) is 0 Å². The minimum absolute atomic E-state index is 0.317. The summed E-state index contributed by atoms with van der Waals surface area (Å²) >= 11 is 5.79. The van der Waals surface area contributed by atoms with Gasteiger partial charge >= 0.3 is 0 Å². The number of hydrogen-bond donors (Lipinski definition) is 0. The quantitative estimate of drug-likeness (QED) is 0.736. The normalized spacial score (nSPS) is 18.7. The summed E-state index contributed by atoms with van der Waals surface area (Å²) in [4.78, 5) is 12.7. The van der Waals surface area contributed by atoms with Gasteiger partial charge in [-0.15, -0.1) is 0 Å². The van der Waals surface area contributed by atoms with Crippen molar-refractivity contribution in [2.45, 2.75) is 18.9 Å². The first-order valence-corrected chi connectivity index (χ1v) is 5.94. The van der Waals surface area contributed by atoms with Crippen LogP contribution in [0.25, 0.3) is 0 Å². The molecule has 2 heterocycles. The standard InChI is InChI=1S/C11H17ClN4/c1-15-7-4-9(5-8-15)16(2)10-3-6-13-11(12)14-10/h3,6,9H,4-5,7-8H2,1-2H3. The smallest absolute Gasteiger partial charge is 0.224 e. The van der Waals surface area contributed by atoms with Crippen molar-refractivity contribution < 1.29 is 0 Å². The Hall–Kier alpha value is -0.870. The van der Waals surface area contributed by atoms with Gasteiger partial charge in [-0.25, -0.2) is 9.97 Å². The second-order valence-corrected chi connectivity index (χ2v) is 4.67. The highest BCUT2D eigenvalue weighted by molar-refractivity contribution is 6.28. The van der Waals surface area contributed by atoms with Gasteiger partial charge in [0.15, 0.2) is 0 Å². The summed E-state index contributed by atoms with van der Waals surface area (Å²) in [6.07, 6.45) is 4.05. The molecular weight excluding hydrogens is 224 g/mol. The molecule has 0 atom stereocenters. The van der Waals surface area contributed by atoms with E-state index in [1.807, 2.05) is 6.07 Å². The third-order valence-electron chi connectivity index (χ3n) is 3.21. The molecule has 1 saturated heterocycles. The third kappa shape index (κ3) is 2.62.